The Balaban J connectivity index is 2.38. The van der Waals surface area contributed by atoms with E-state index < -0.39 is 15.8 Å². The third-order valence-corrected chi connectivity index (χ3v) is 3.89. The van der Waals surface area contributed by atoms with E-state index in [4.69, 9.17) is 5.73 Å². The summed E-state index contributed by atoms with van der Waals surface area (Å²) >= 11 is 0.941. The van der Waals surface area contributed by atoms with Crippen molar-refractivity contribution in [3.05, 3.63) is 18.2 Å². The predicted molar refractivity (Wildman–Crippen MR) is 62.6 cm³/mol. The number of halogens is 2. The van der Waals surface area contributed by atoms with Gasteiger partial charge < -0.3 is 5.73 Å². The molecule has 1 aromatic heterocycles. The van der Waals surface area contributed by atoms with Crippen LogP contribution in [0.5, 0.6) is 0 Å². The molecule has 3 N–H and O–H groups in total. The van der Waals surface area contributed by atoms with Crippen molar-refractivity contribution in [1.82, 2.24) is 4.98 Å². The third-order valence-electron chi connectivity index (χ3n) is 1.88. The van der Waals surface area contributed by atoms with Crippen LogP contribution in [-0.4, -0.2) is 19.2 Å². The van der Waals surface area contributed by atoms with Crippen molar-refractivity contribution in [2.75, 3.05) is 10.5 Å². The monoisotopic (exact) mass is 279 g/mol. The van der Waals surface area contributed by atoms with Crippen molar-refractivity contribution in [3.63, 3.8) is 0 Å². The second-order valence-electron chi connectivity index (χ2n) is 3.15. The van der Waals surface area contributed by atoms with E-state index in [2.05, 4.69) is 4.98 Å². The zero-order valence-corrected chi connectivity index (χ0v) is 9.86. The van der Waals surface area contributed by atoms with Gasteiger partial charge in [0.25, 0.3) is 10.0 Å². The number of nitrogens with zero attached hydrogens (tertiary/aromatic N) is 1. The summed E-state index contributed by atoms with van der Waals surface area (Å²) in [6, 6.07) is 4.77. The Morgan fingerprint density at radius 3 is 2.76 bits per heavy atom. The first-order valence-corrected chi connectivity index (χ1v) is 6.70. The fourth-order valence-electron chi connectivity index (χ4n) is 1.15. The van der Waals surface area contributed by atoms with Gasteiger partial charge in [-0.25, -0.2) is 13.4 Å². The van der Waals surface area contributed by atoms with Crippen LogP contribution < -0.4 is 10.5 Å². The molecule has 0 saturated carbocycles. The molecule has 1 heterocycles. The Hall–Kier alpha value is -1.48. The number of sulfonamides is 1. The van der Waals surface area contributed by atoms with Crippen molar-refractivity contribution >= 4 is 42.4 Å². The Morgan fingerprint density at radius 1 is 1.41 bits per heavy atom. The number of thiazole rings is 1. The van der Waals surface area contributed by atoms with Crippen LogP contribution in [-0.2, 0) is 10.0 Å². The molecule has 0 aliphatic carbocycles. The summed E-state index contributed by atoms with van der Waals surface area (Å²) in [5.41, 5.74) is 6.52. The highest BCUT2D eigenvalue weighted by atomic mass is 32.2. The molecule has 0 aliphatic heterocycles. The first-order valence-electron chi connectivity index (χ1n) is 4.34. The number of fused-ring (bicyclic) bond motifs is 1. The number of nitrogens with one attached hydrogen (secondary N) is 1. The molecular weight excluding hydrogens is 272 g/mol. The molecule has 0 saturated heterocycles. The SMILES string of the molecule is Nc1ccc2nc(NS(=O)(=O)C(F)F)sc2c1. The van der Waals surface area contributed by atoms with Crippen LogP contribution in [0.3, 0.4) is 0 Å². The molecule has 1 aromatic carbocycles. The topological polar surface area (TPSA) is 85.1 Å². The molecule has 0 spiro atoms. The van der Waals surface area contributed by atoms with E-state index in [1.807, 2.05) is 0 Å². The Kier molecular flexibility index (Phi) is 2.87. The normalized spacial score (nSPS) is 12.2. The minimum absolute atomic E-state index is 0.106. The second kappa shape index (κ2) is 4.08. The largest absolute Gasteiger partial charge is 0.399 e. The smallest absolute Gasteiger partial charge is 0.355 e. The van der Waals surface area contributed by atoms with Crippen LogP contribution in [0.15, 0.2) is 18.2 Å². The van der Waals surface area contributed by atoms with Crippen LogP contribution in [0.4, 0.5) is 19.6 Å². The van der Waals surface area contributed by atoms with Crippen LogP contribution >= 0.6 is 11.3 Å². The maximum absolute atomic E-state index is 12.1. The van der Waals surface area contributed by atoms with Gasteiger partial charge in [0.05, 0.1) is 10.2 Å². The molecule has 0 bridgehead atoms. The fourth-order valence-corrected chi connectivity index (χ4v) is 2.81. The molecule has 0 amide bonds. The van der Waals surface area contributed by atoms with E-state index in [0.717, 1.165) is 11.3 Å². The van der Waals surface area contributed by atoms with Crippen molar-refractivity contribution in [1.29, 1.82) is 0 Å². The van der Waals surface area contributed by atoms with Gasteiger partial charge in [-0.1, -0.05) is 11.3 Å². The van der Waals surface area contributed by atoms with Crippen LogP contribution in [0, 0.1) is 0 Å². The minimum Gasteiger partial charge on any atom is -0.399 e. The molecule has 0 radical (unpaired) electrons. The average Bonchev–Trinajstić information content (AvgIpc) is 2.57. The highest BCUT2D eigenvalue weighted by molar-refractivity contribution is 7.93. The number of anilines is 2. The quantitative estimate of drug-likeness (QED) is 0.839. The Labute approximate surface area is 99.3 Å². The summed E-state index contributed by atoms with van der Waals surface area (Å²) in [4.78, 5) is 3.86. The standard InChI is InChI=1S/C8H7F2N3O2S2/c9-7(10)17(14,15)13-8-12-5-2-1-4(11)3-6(5)16-8/h1-3,7H,11H2,(H,12,13). The molecule has 0 aliphatic rings. The molecule has 2 aromatic rings. The van der Waals surface area contributed by atoms with E-state index in [1.165, 1.54) is 0 Å². The zero-order valence-electron chi connectivity index (χ0n) is 8.22. The molecule has 2 rings (SSSR count). The summed E-state index contributed by atoms with van der Waals surface area (Å²) < 4.78 is 48.4. The number of benzene rings is 1. The molecule has 0 fully saturated rings. The van der Waals surface area contributed by atoms with Gasteiger partial charge >= 0.3 is 5.76 Å². The molecular formula is C8H7F2N3O2S2. The second-order valence-corrected chi connectivity index (χ2v) is 5.84. The van der Waals surface area contributed by atoms with Gasteiger partial charge in [0.15, 0.2) is 5.13 Å². The number of aromatic nitrogens is 1. The minimum atomic E-state index is -4.68. The molecule has 17 heavy (non-hydrogen) atoms. The number of rotatable bonds is 3. The molecule has 9 heteroatoms. The summed E-state index contributed by atoms with van der Waals surface area (Å²) in [6.45, 7) is 0. The lowest BCUT2D eigenvalue weighted by molar-refractivity contribution is 0.236. The molecule has 92 valence electrons. The molecule has 0 unspecified atom stereocenters. The van der Waals surface area contributed by atoms with Gasteiger partial charge in [-0.3, -0.25) is 4.72 Å². The van der Waals surface area contributed by atoms with E-state index in [-0.39, 0.29) is 5.13 Å². The number of hydrogen-bond donors (Lipinski definition) is 2. The number of nitrogen functional groups attached to an aromatic ring is 1. The van der Waals surface area contributed by atoms with E-state index in [1.54, 1.807) is 22.9 Å². The lowest BCUT2D eigenvalue weighted by Gasteiger charge is -2.01. The maximum atomic E-state index is 12.1. The molecule has 0 atom stereocenters. The van der Waals surface area contributed by atoms with Crippen molar-refractivity contribution in [2.45, 2.75) is 5.76 Å². The van der Waals surface area contributed by atoms with Crippen LogP contribution in [0.1, 0.15) is 0 Å². The predicted octanol–water partition coefficient (Wildman–Crippen LogP) is 1.84. The van der Waals surface area contributed by atoms with Crippen LogP contribution in [0.25, 0.3) is 10.2 Å². The van der Waals surface area contributed by atoms with Gasteiger partial charge in [0, 0.05) is 5.69 Å². The highest BCUT2D eigenvalue weighted by Crippen LogP contribution is 2.28. The van der Waals surface area contributed by atoms with Gasteiger partial charge in [0.2, 0.25) is 0 Å². The zero-order chi connectivity index (χ0) is 12.6. The van der Waals surface area contributed by atoms with E-state index in [0.29, 0.717) is 15.9 Å². The lowest BCUT2D eigenvalue weighted by Crippen LogP contribution is -2.20. The van der Waals surface area contributed by atoms with Crippen LogP contribution in [0.2, 0.25) is 0 Å². The van der Waals surface area contributed by atoms with E-state index in [9.17, 15) is 17.2 Å². The summed E-state index contributed by atoms with van der Waals surface area (Å²) in [7, 11) is -4.68. The summed E-state index contributed by atoms with van der Waals surface area (Å²) in [6.07, 6.45) is 0. The first-order chi connectivity index (χ1) is 7.88. The summed E-state index contributed by atoms with van der Waals surface area (Å²) in [5.74, 6) is -3.49. The lowest BCUT2D eigenvalue weighted by atomic mass is 10.3. The molecule has 5 nitrogen and oxygen atoms in total. The highest BCUT2D eigenvalue weighted by Gasteiger charge is 2.25. The Bertz CT molecular complexity index is 654. The van der Waals surface area contributed by atoms with Crippen molar-refractivity contribution < 1.29 is 17.2 Å². The van der Waals surface area contributed by atoms with Gasteiger partial charge in [0.1, 0.15) is 0 Å². The first kappa shape index (κ1) is 12.0. The van der Waals surface area contributed by atoms with Crippen molar-refractivity contribution in [3.8, 4) is 0 Å². The van der Waals surface area contributed by atoms with Crippen molar-refractivity contribution in [2.24, 2.45) is 0 Å². The van der Waals surface area contributed by atoms with Gasteiger partial charge in [-0.05, 0) is 18.2 Å². The van der Waals surface area contributed by atoms with Gasteiger partial charge in [-0.2, -0.15) is 8.78 Å². The number of alkyl halides is 2. The number of nitrogens with two attached hydrogens (primary N) is 1. The van der Waals surface area contributed by atoms with Gasteiger partial charge in [-0.15, -0.1) is 0 Å². The Morgan fingerprint density at radius 2 is 2.12 bits per heavy atom. The third kappa shape index (κ3) is 2.44. The fraction of sp³-hybridized carbons (Fsp3) is 0.125. The maximum Gasteiger partial charge on any atom is 0.355 e. The average molecular weight is 279 g/mol. The van der Waals surface area contributed by atoms with E-state index >= 15 is 0 Å². The number of hydrogen-bond acceptors (Lipinski definition) is 5. The summed E-state index contributed by atoms with van der Waals surface area (Å²) in [5, 5.41) is -0.106.